The fourth-order valence-corrected chi connectivity index (χ4v) is 2.05. The second-order valence-corrected chi connectivity index (χ2v) is 4.23. The Balaban J connectivity index is 2.31. The number of amides is 2. The van der Waals surface area contributed by atoms with Gasteiger partial charge >= 0.3 is 12.0 Å². The maximum Gasteiger partial charge on any atom is 0.334 e. The van der Waals surface area contributed by atoms with Gasteiger partial charge in [-0.3, -0.25) is 0 Å². The number of carboxylic acids is 1. The molecule has 0 saturated heterocycles. The van der Waals surface area contributed by atoms with E-state index in [1.165, 1.54) is 7.11 Å². The zero-order chi connectivity index (χ0) is 13.5. The number of methoxy groups -OCH3 is 2. The van der Waals surface area contributed by atoms with Crippen LogP contribution in [0.15, 0.2) is 0 Å². The molecule has 1 saturated carbocycles. The van der Waals surface area contributed by atoms with Crippen LogP contribution in [0.4, 0.5) is 4.79 Å². The standard InChI is InChI=1S/C11H20N2O5/c1-17-8-5-3-4-7(8)13-11(16)12-6-9(18-2)10(14)15/h7-9H,3-6H2,1-2H3,(H,14,15)(H2,12,13,16). The molecule has 0 aromatic carbocycles. The average Bonchev–Trinajstić information content (AvgIpc) is 2.76. The first-order valence-corrected chi connectivity index (χ1v) is 5.91. The third kappa shape index (κ3) is 4.15. The molecule has 3 N–H and O–H groups in total. The lowest BCUT2D eigenvalue weighted by atomic mass is 10.2. The van der Waals surface area contributed by atoms with Crippen LogP contribution in [0.25, 0.3) is 0 Å². The van der Waals surface area contributed by atoms with Crippen LogP contribution in [0.2, 0.25) is 0 Å². The van der Waals surface area contributed by atoms with Crippen LogP contribution in [-0.4, -0.2) is 56.1 Å². The van der Waals surface area contributed by atoms with Gasteiger partial charge in [-0.1, -0.05) is 0 Å². The molecule has 1 rings (SSSR count). The number of carbonyl (C=O) groups excluding carboxylic acids is 1. The van der Waals surface area contributed by atoms with Gasteiger partial charge in [-0.15, -0.1) is 0 Å². The Bertz CT molecular complexity index is 297. The van der Waals surface area contributed by atoms with Crippen LogP contribution in [0.5, 0.6) is 0 Å². The fourth-order valence-electron chi connectivity index (χ4n) is 2.05. The Labute approximate surface area is 106 Å². The van der Waals surface area contributed by atoms with Crippen LogP contribution in [-0.2, 0) is 14.3 Å². The summed E-state index contributed by atoms with van der Waals surface area (Å²) in [6, 6.07) is -0.409. The number of urea groups is 1. The second kappa shape index (κ2) is 7.17. The monoisotopic (exact) mass is 260 g/mol. The number of aliphatic carboxylic acids is 1. The van der Waals surface area contributed by atoms with Gasteiger partial charge in [-0.25, -0.2) is 9.59 Å². The van der Waals surface area contributed by atoms with Gasteiger partial charge in [0.1, 0.15) is 0 Å². The minimum Gasteiger partial charge on any atom is -0.479 e. The predicted octanol–water partition coefficient (Wildman–Crippen LogP) is -0.0473. The maximum absolute atomic E-state index is 11.6. The fraction of sp³-hybridized carbons (Fsp3) is 0.818. The van der Waals surface area contributed by atoms with Gasteiger partial charge in [0.2, 0.25) is 0 Å². The van der Waals surface area contributed by atoms with Crippen molar-refractivity contribution in [3.05, 3.63) is 0 Å². The minimum atomic E-state index is -1.10. The highest BCUT2D eigenvalue weighted by molar-refractivity contribution is 5.77. The van der Waals surface area contributed by atoms with Gasteiger partial charge in [-0.05, 0) is 19.3 Å². The van der Waals surface area contributed by atoms with Crippen molar-refractivity contribution in [2.24, 2.45) is 0 Å². The lowest BCUT2D eigenvalue weighted by Gasteiger charge is -2.20. The van der Waals surface area contributed by atoms with Crippen molar-refractivity contribution >= 4 is 12.0 Å². The molecular formula is C11H20N2O5. The first-order valence-electron chi connectivity index (χ1n) is 5.91. The number of ether oxygens (including phenoxy) is 2. The highest BCUT2D eigenvalue weighted by Crippen LogP contribution is 2.21. The molecule has 0 radical (unpaired) electrons. The van der Waals surface area contributed by atoms with E-state index < -0.39 is 18.1 Å². The molecule has 3 unspecified atom stereocenters. The summed E-state index contributed by atoms with van der Waals surface area (Å²) in [5, 5.41) is 14.0. The third-order valence-corrected chi connectivity index (χ3v) is 3.08. The van der Waals surface area contributed by atoms with Crippen molar-refractivity contribution in [2.45, 2.75) is 37.5 Å². The van der Waals surface area contributed by atoms with Crippen molar-refractivity contribution in [1.82, 2.24) is 10.6 Å². The van der Waals surface area contributed by atoms with Crippen LogP contribution < -0.4 is 10.6 Å². The van der Waals surface area contributed by atoms with Gasteiger partial charge in [0.25, 0.3) is 0 Å². The van der Waals surface area contributed by atoms with Gasteiger partial charge in [0.15, 0.2) is 6.10 Å². The third-order valence-electron chi connectivity index (χ3n) is 3.08. The molecule has 18 heavy (non-hydrogen) atoms. The molecule has 3 atom stereocenters. The summed E-state index contributed by atoms with van der Waals surface area (Å²) in [4.78, 5) is 22.2. The summed E-state index contributed by atoms with van der Waals surface area (Å²) < 4.78 is 9.96. The van der Waals surface area contributed by atoms with Crippen LogP contribution in [0.1, 0.15) is 19.3 Å². The Hall–Kier alpha value is -1.34. The lowest BCUT2D eigenvalue weighted by Crippen LogP contribution is -2.48. The minimum absolute atomic E-state index is 0.0131. The molecule has 7 nitrogen and oxygen atoms in total. The quantitative estimate of drug-likeness (QED) is 0.622. The molecular weight excluding hydrogens is 240 g/mol. The number of carbonyl (C=O) groups is 2. The van der Waals surface area contributed by atoms with E-state index in [9.17, 15) is 9.59 Å². The number of rotatable bonds is 6. The van der Waals surface area contributed by atoms with Crippen molar-refractivity contribution < 1.29 is 24.2 Å². The molecule has 0 heterocycles. The molecule has 0 aromatic rings. The van der Waals surface area contributed by atoms with E-state index in [1.54, 1.807) is 7.11 Å². The second-order valence-electron chi connectivity index (χ2n) is 4.23. The predicted molar refractivity (Wildman–Crippen MR) is 63.4 cm³/mol. The van der Waals surface area contributed by atoms with E-state index >= 15 is 0 Å². The van der Waals surface area contributed by atoms with Crippen LogP contribution in [0, 0.1) is 0 Å². The first-order chi connectivity index (χ1) is 8.58. The van der Waals surface area contributed by atoms with Gasteiger partial charge in [-0.2, -0.15) is 0 Å². The highest BCUT2D eigenvalue weighted by atomic mass is 16.5. The van der Waals surface area contributed by atoms with Crippen molar-refractivity contribution in [3.8, 4) is 0 Å². The Morgan fingerprint density at radius 2 is 2.11 bits per heavy atom. The van der Waals surface area contributed by atoms with Gasteiger partial charge < -0.3 is 25.2 Å². The van der Waals surface area contributed by atoms with Crippen LogP contribution >= 0.6 is 0 Å². The molecule has 1 aliphatic carbocycles. The van der Waals surface area contributed by atoms with Gasteiger partial charge in [0, 0.05) is 14.2 Å². The molecule has 0 spiro atoms. The van der Waals surface area contributed by atoms with Crippen molar-refractivity contribution in [3.63, 3.8) is 0 Å². The maximum atomic E-state index is 11.6. The average molecular weight is 260 g/mol. The highest BCUT2D eigenvalue weighted by Gasteiger charge is 2.28. The van der Waals surface area contributed by atoms with E-state index in [-0.39, 0.29) is 18.7 Å². The summed E-state index contributed by atoms with van der Waals surface area (Å²) in [6.45, 7) is -0.0674. The molecule has 104 valence electrons. The first kappa shape index (κ1) is 14.7. The topological polar surface area (TPSA) is 96.9 Å². The Morgan fingerprint density at radius 1 is 1.39 bits per heavy atom. The molecule has 0 aliphatic heterocycles. The van der Waals surface area contributed by atoms with E-state index in [2.05, 4.69) is 10.6 Å². The Morgan fingerprint density at radius 3 is 2.67 bits per heavy atom. The molecule has 7 heteroatoms. The summed E-state index contributed by atoms with van der Waals surface area (Å²) in [5.41, 5.74) is 0. The van der Waals surface area contributed by atoms with E-state index in [4.69, 9.17) is 14.6 Å². The smallest absolute Gasteiger partial charge is 0.334 e. The van der Waals surface area contributed by atoms with E-state index in [1.807, 2.05) is 0 Å². The van der Waals surface area contributed by atoms with Gasteiger partial charge in [0.05, 0.1) is 18.7 Å². The lowest BCUT2D eigenvalue weighted by molar-refractivity contribution is -0.147. The summed E-state index contributed by atoms with van der Waals surface area (Å²) in [7, 11) is 2.91. The van der Waals surface area contributed by atoms with E-state index in [0.717, 1.165) is 19.3 Å². The zero-order valence-electron chi connectivity index (χ0n) is 10.6. The number of nitrogens with one attached hydrogen (secondary N) is 2. The number of hydrogen-bond donors (Lipinski definition) is 3. The SMILES string of the molecule is COC(CNC(=O)NC1CCCC1OC)C(=O)O. The molecule has 0 aromatic heterocycles. The van der Waals surface area contributed by atoms with Crippen molar-refractivity contribution in [1.29, 1.82) is 0 Å². The molecule has 1 fully saturated rings. The van der Waals surface area contributed by atoms with Crippen molar-refractivity contribution in [2.75, 3.05) is 20.8 Å². The van der Waals surface area contributed by atoms with E-state index in [0.29, 0.717) is 0 Å². The van der Waals surface area contributed by atoms with Crippen LogP contribution in [0.3, 0.4) is 0 Å². The Kier molecular flexibility index (Phi) is 5.87. The molecule has 0 bridgehead atoms. The summed E-state index contributed by atoms with van der Waals surface area (Å²) >= 11 is 0. The molecule has 1 aliphatic rings. The number of carboxylic acid groups (broad SMARTS) is 1. The largest absolute Gasteiger partial charge is 0.479 e. The molecule has 2 amide bonds. The normalized spacial score (nSPS) is 24.6. The summed E-state index contributed by atoms with van der Waals surface area (Å²) in [5.74, 6) is -1.10. The summed E-state index contributed by atoms with van der Waals surface area (Å²) in [6.07, 6.45) is 1.82. The number of hydrogen-bond acceptors (Lipinski definition) is 4. The zero-order valence-corrected chi connectivity index (χ0v) is 10.6.